The van der Waals surface area contributed by atoms with Crippen LogP contribution in [0.3, 0.4) is 0 Å². The maximum absolute atomic E-state index is 11.3. The predicted molar refractivity (Wildman–Crippen MR) is 67.6 cm³/mol. The molecule has 0 saturated carbocycles. The summed E-state index contributed by atoms with van der Waals surface area (Å²) in [5, 5.41) is 0. The van der Waals surface area contributed by atoms with Crippen molar-refractivity contribution in [2.24, 2.45) is 5.73 Å². The summed E-state index contributed by atoms with van der Waals surface area (Å²) in [5.41, 5.74) is 6.85. The monoisotopic (exact) mass is 234 g/mol. The highest BCUT2D eigenvalue weighted by Crippen LogP contribution is 2.27. The minimum atomic E-state index is -0.416. The number of rotatable bonds is 4. The molecule has 0 atom stereocenters. The smallest absolute Gasteiger partial charge is 0.248 e. The van der Waals surface area contributed by atoms with Crippen LogP contribution in [-0.2, 0) is 0 Å². The number of ether oxygens (including phenoxy) is 1. The van der Waals surface area contributed by atoms with Crippen LogP contribution in [0.15, 0.2) is 18.2 Å². The van der Waals surface area contributed by atoms with Crippen molar-refractivity contribution in [2.75, 3.05) is 18.0 Å². The van der Waals surface area contributed by atoms with Gasteiger partial charge >= 0.3 is 0 Å². The second kappa shape index (κ2) is 4.65. The first-order valence-corrected chi connectivity index (χ1v) is 5.93. The average molecular weight is 234 g/mol. The van der Waals surface area contributed by atoms with Crippen molar-refractivity contribution in [3.05, 3.63) is 23.8 Å². The fraction of sp³-hybridized carbons (Fsp3) is 0.462. The van der Waals surface area contributed by atoms with E-state index < -0.39 is 5.91 Å². The van der Waals surface area contributed by atoms with Gasteiger partial charge in [-0.1, -0.05) is 0 Å². The van der Waals surface area contributed by atoms with Crippen molar-refractivity contribution in [3.63, 3.8) is 0 Å². The number of hydrogen-bond acceptors (Lipinski definition) is 3. The van der Waals surface area contributed by atoms with Crippen molar-refractivity contribution < 1.29 is 9.53 Å². The van der Waals surface area contributed by atoms with E-state index in [-0.39, 0.29) is 6.10 Å². The molecule has 2 N–H and O–H groups in total. The second-order valence-electron chi connectivity index (χ2n) is 4.59. The van der Waals surface area contributed by atoms with Gasteiger partial charge in [-0.2, -0.15) is 0 Å². The highest BCUT2D eigenvalue weighted by atomic mass is 16.5. The lowest BCUT2D eigenvalue weighted by molar-refractivity contribution is 0.0999. The molecule has 1 aromatic rings. The Labute approximate surface area is 101 Å². The molecule has 0 spiro atoms. The highest BCUT2D eigenvalue weighted by Gasteiger charge is 2.17. The number of nitrogens with zero attached hydrogens (tertiary/aromatic N) is 1. The third kappa shape index (κ3) is 2.70. The van der Waals surface area contributed by atoms with Crippen LogP contribution >= 0.6 is 0 Å². The zero-order chi connectivity index (χ0) is 12.4. The fourth-order valence-corrected chi connectivity index (χ4v) is 1.82. The molecule has 1 heterocycles. The van der Waals surface area contributed by atoms with E-state index in [0.717, 1.165) is 18.8 Å². The molecule has 0 radical (unpaired) electrons. The van der Waals surface area contributed by atoms with E-state index in [4.69, 9.17) is 10.5 Å². The van der Waals surface area contributed by atoms with E-state index in [2.05, 4.69) is 4.90 Å². The van der Waals surface area contributed by atoms with E-state index in [1.807, 2.05) is 26.0 Å². The van der Waals surface area contributed by atoms with E-state index in [1.54, 1.807) is 6.07 Å². The Morgan fingerprint density at radius 2 is 2.06 bits per heavy atom. The topological polar surface area (TPSA) is 55.6 Å². The van der Waals surface area contributed by atoms with Gasteiger partial charge < -0.3 is 15.4 Å². The molecule has 4 heteroatoms. The zero-order valence-corrected chi connectivity index (χ0v) is 10.3. The van der Waals surface area contributed by atoms with Crippen molar-refractivity contribution in [2.45, 2.75) is 26.4 Å². The van der Waals surface area contributed by atoms with Gasteiger partial charge in [-0.3, -0.25) is 4.79 Å². The van der Waals surface area contributed by atoms with Gasteiger partial charge in [0.15, 0.2) is 0 Å². The Morgan fingerprint density at radius 3 is 2.53 bits per heavy atom. The van der Waals surface area contributed by atoms with Crippen LogP contribution in [0.5, 0.6) is 5.75 Å². The molecule has 1 aliphatic rings. The van der Waals surface area contributed by atoms with Crippen molar-refractivity contribution in [3.8, 4) is 5.75 Å². The van der Waals surface area contributed by atoms with Gasteiger partial charge in [-0.15, -0.1) is 0 Å². The van der Waals surface area contributed by atoms with Crippen LogP contribution in [0.2, 0.25) is 0 Å². The summed E-state index contributed by atoms with van der Waals surface area (Å²) in [6, 6.07) is 5.49. The van der Waals surface area contributed by atoms with Gasteiger partial charge in [-0.05, 0) is 32.4 Å². The number of benzene rings is 1. The highest BCUT2D eigenvalue weighted by molar-refractivity contribution is 5.94. The van der Waals surface area contributed by atoms with Crippen LogP contribution < -0.4 is 15.4 Å². The molecule has 17 heavy (non-hydrogen) atoms. The quantitative estimate of drug-likeness (QED) is 0.864. The van der Waals surface area contributed by atoms with Gasteiger partial charge in [0, 0.05) is 30.4 Å². The Hall–Kier alpha value is -1.71. The van der Waals surface area contributed by atoms with Crippen LogP contribution in [0, 0.1) is 0 Å². The summed E-state index contributed by atoms with van der Waals surface area (Å²) in [4.78, 5) is 13.5. The zero-order valence-electron chi connectivity index (χ0n) is 10.3. The molecular weight excluding hydrogens is 216 g/mol. The molecule has 1 saturated heterocycles. The number of carbonyl (C=O) groups is 1. The molecule has 0 unspecified atom stereocenters. The van der Waals surface area contributed by atoms with Crippen LogP contribution in [0.4, 0.5) is 5.69 Å². The second-order valence-corrected chi connectivity index (χ2v) is 4.59. The number of primary amides is 1. The van der Waals surface area contributed by atoms with E-state index in [0.29, 0.717) is 11.3 Å². The summed E-state index contributed by atoms with van der Waals surface area (Å²) in [7, 11) is 0. The molecule has 4 nitrogen and oxygen atoms in total. The maximum Gasteiger partial charge on any atom is 0.248 e. The first-order chi connectivity index (χ1) is 8.06. The normalized spacial score (nSPS) is 14.6. The molecular formula is C13H18N2O2. The fourth-order valence-electron chi connectivity index (χ4n) is 1.82. The van der Waals surface area contributed by atoms with Crippen LogP contribution in [0.1, 0.15) is 30.6 Å². The van der Waals surface area contributed by atoms with E-state index >= 15 is 0 Å². The summed E-state index contributed by atoms with van der Waals surface area (Å²) in [6.07, 6.45) is 1.28. The lowest BCUT2D eigenvalue weighted by atomic mass is 10.1. The molecule has 0 bridgehead atoms. The van der Waals surface area contributed by atoms with Crippen LogP contribution in [-0.4, -0.2) is 25.1 Å². The Morgan fingerprint density at radius 1 is 1.35 bits per heavy atom. The summed E-state index contributed by atoms with van der Waals surface area (Å²) >= 11 is 0. The molecule has 1 fully saturated rings. The molecule has 0 aromatic heterocycles. The van der Waals surface area contributed by atoms with Crippen molar-refractivity contribution >= 4 is 11.6 Å². The lowest BCUT2D eigenvalue weighted by Crippen LogP contribution is -2.37. The Bertz CT molecular complexity index is 425. The van der Waals surface area contributed by atoms with Crippen molar-refractivity contribution in [1.29, 1.82) is 0 Å². The Balaban J connectivity index is 2.31. The lowest BCUT2D eigenvalue weighted by Gasteiger charge is -2.33. The van der Waals surface area contributed by atoms with E-state index in [1.165, 1.54) is 6.42 Å². The molecule has 1 amide bonds. The molecule has 0 aliphatic carbocycles. The summed E-state index contributed by atoms with van der Waals surface area (Å²) in [5.74, 6) is 0.291. The first kappa shape index (κ1) is 11.8. The third-order valence-electron chi connectivity index (χ3n) is 2.77. The van der Waals surface area contributed by atoms with Gasteiger partial charge in [-0.25, -0.2) is 0 Å². The number of carbonyl (C=O) groups excluding carboxylic acids is 1. The third-order valence-corrected chi connectivity index (χ3v) is 2.77. The van der Waals surface area contributed by atoms with Gasteiger partial charge in [0.05, 0.1) is 6.10 Å². The summed E-state index contributed by atoms with van der Waals surface area (Å²) in [6.45, 7) is 5.98. The average Bonchev–Trinajstić information content (AvgIpc) is 2.13. The number of anilines is 1. The Kier molecular flexibility index (Phi) is 3.22. The number of amides is 1. The minimum Gasteiger partial charge on any atom is -0.491 e. The minimum absolute atomic E-state index is 0.0855. The summed E-state index contributed by atoms with van der Waals surface area (Å²) < 4.78 is 5.63. The molecule has 2 rings (SSSR count). The molecule has 92 valence electrons. The predicted octanol–water partition coefficient (Wildman–Crippen LogP) is 1.78. The van der Waals surface area contributed by atoms with Gasteiger partial charge in [0.1, 0.15) is 5.75 Å². The van der Waals surface area contributed by atoms with Gasteiger partial charge in [0.25, 0.3) is 0 Å². The number of hydrogen-bond donors (Lipinski definition) is 1. The van der Waals surface area contributed by atoms with Crippen LogP contribution in [0.25, 0.3) is 0 Å². The van der Waals surface area contributed by atoms with Crippen molar-refractivity contribution in [1.82, 2.24) is 0 Å². The largest absolute Gasteiger partial charge is 0.491 e. The van der Waals surface area contributed by atoms with E-state index in [9.17, 15) is 4.79 Å². The maximum atomic E-state index is 11.3. The molecule has 1 aliphatic heterocycles. The SMILES string of the molecule is CC(C)Oc1cc(C(N)=O)cc(N2CCC2)c1. The first-order valence-electron chi connectivity index (χ1n) is 5.93. The number of nitrogens with two attached hydrogens (primary N) is 1. The standard InChI is InChI=1S/C13H18N2O2/c1-9(2)17-12-7-10(13(14)16)6-11(8-12)15-4-3-5-15/h6-9H,3-5H2,1-2H3,(H2,14,16). The molecule has 1 aromatic carbocycles. The van der Waals surface area contributed by atoms with Gasteiger partial charge in [0.2, 0.25) is 5.91 Å².